The number of hydrogen-bond donors (Lipinski definition) is 0. The van der Waals surface area contributed by atoms with Crippen LogP contribution >= 0.6 is 22.6 Å². The molecule has 0 atom stereocenters. The van der Waals surface area contributed by atoms with E-state index in [9.17, 15) is 17.6 Å². The minimum atomic E-state index is -4.78. The van der Waals surface area contributed by atoms with Crippen LogP contribution in [0.25, 0.3) is 11.1 Å². The molecule has 0 aliphatic carbocycles. The average Bonchev–Trinajstić information content (AvgIpc) is 2.31. The summed E-state index contributed by atoms with van der Waals surface area (Å²) < 4.78 is 54.8. The van der Waals surface area contributed by atoms with Crippen LogP contribution in [0, 0.1) is 9.39 Å². The second-order valence-corrected chi connectivity index (χ2v) is 4.83. The Morgan fingerprint density at radius 2 is 1.63 bits per heavy atom. The normalized spacial score (nSPS) is 11.4. The molecule has 0 saturated heterocycles. The number of rotatable bonds is 2. The van der Waals surface area contributed by atoms with Gasteiger partial charge in [-0.25, -0.2) is 4.39 Å². The predicted molar refractivity (Wildman–Crippen MR) is 71.2 cm³/mol. The number of halogens is 5. The van der Waals surface area contributed by atoms with Gasteiger partial charge in [-0.05, 0) is 46.9 Å². The van der Waals surface area contributed by atoms with E-state index in [1.165, 1.54) is 36.4 Å². The summed E-state index contributed by atoms with van der Waals surface area (Å²) in [5.41, 5.74) is 0.559. The topological polar surface area (TPSA) is 9.23 Å². The second kappa shape index (κ2) is 5.36. The van der Waals surface area contributed by atoms with Gasteiger partial charge >= 0.3 is 6.36 Å². The van der Waals surface area contributed by atoms with Gasteiger partial charge in [-0.2, -0.15) is 0 Å². The predicted octanol–water partition coefficient (Wildman–Crippen LogP) is 5.00. The SMILES string of the molecule is Fc1ccc(I)c(-c2ccccc2OC(F)(F)F)c1. The van der Waals surface area contributed by atoms with Gasteiger partial charge in [0.15, 0.2) is 0 Å². The van der Waals surface area contributed by atoms with Gasteiger partial charge in [0, 0.05) is 14.7 Å². The quantitative estimate of drug-likeness (QED) is 0.525. The Hall–Kier alpha value is -1.31. The molecule has 0 amide bonds. The standard InChI is InChI=1S/C13H7F4IO/c14-8-5-6-11(18)10(7-8)9-3-1-2-4-12(9)19-13(15,16)17/h1-7H. The monoisotopic (exact) mass is 382 g/mol. The number of alkyl halides is 3. The van der Waals surface area contributed by atoms with Gasteiger partial charge in [0.2, 0.25) is 0 Å². The Balaban J connectivity index is 2.53. The number of para-hydroxylation sites is 1. The van der Waals surface area contributed by atoms with Crippen molar-refractivity contribution in [1.82, 2.24) is 0 Å². The Kier molecular flexibility index (Phi) is 3.98. The number of ether oxygens (including phenoxy) is 1. The van der Waals surface area contributed by atoms with E-state index in [2.05, 4.69) is 4.74 Å². The fourth-order valence-corrected chi connectivity index (χ4v) is 2.23. The molecule has 19 heavy (non-hydrogen) atoms. The summed E-state index contributed by atoms with van der Waals surface area (Å²) in [6, 6.07) is 9.58. The van der Waals surface area contributed by atoms with Crippen molar-refractivity contribution in [2.45, 2.75) is 6.36 Å². The zero-order valence-corrected chi connectivity index (χ0v) is 11.5. The Labute approximate surface area is 120 Å². The molecule has 0 N–H and O–H groups in total. The van der Waals surface area contributed by atoms with Crippen molar-refractivity contribution in [1.29, 1.82) is 0 Å². The molecule has 2 aromatic carbocycles. The van der Waals surface area contributed by atoms with Crippen LogP contribution in [-0.4, -0.2) is 6.36 Å². The van der Waals surface area contributed by atoms with E-state index in [0.29, 0.717) is 9.13 Å². The second-order valence-electron chi connectivity index (χ2n) is 3.67. The van der Waals surface area contributed by atoms with Crippen LogP contribution in [-0.2, 0) is 0 Å². The van der Waals surface area contributed by atoms with Gasteiger partial charge in [0.25, 0.3) is 0 Å². The molecule has 100 valence electrons. The average molecular weight is 382 g/mol. The highest BCUT2D eigenvalue weighted by atomic mass is 127. The van der Waals surface area contributed by atoms with Gasteiger partial charge < -0.3 is 4.74 Å². The van der Waals surface area contributed by atoms with E-state index in [-0.39, 0.29) is 11.3 Å². The first-order chi connectivity index (χ1) is 8.87. The lowest BCUT2D eigenvalue weighted by molar-refractivity contribution is -0.274. The maximum atomic E-state index is 13.2. The summed E-state index contributed by atoms with van der Waals surface area (Å²) in [5.74, 6) is -0.865. The lowest BCUT2D eigenvalue weighted by Crippen LogP contribution is -2.17. The van der Waals surface area contributed by atoms with Gasteiger partial charge in [0.1, 0.15) is 11.6 Å². The van der Waals surface area contributed by atoms with Crippen molar-refractivity contribution in [2.75, 3.05) is 0 Å². The maximum absolute atomic E-state index is 13.2. The first-order valence-electron chi connectivity index (χ1n) is 5.17. The molecule has 0 fully saturated rings. The molecule has 0 heterocycles. The zero-order valence-electron chi connectivity index (χ0n) is 9.34. The summed E-state index contributed by atoms with van der Waals surface area (Å²) in [5, 5.41) is 0. The molecule has 0 spiro atoms. The van der Waals surface area contributed by atoms with E-state index < -0.39 is 12.2 Å². The summed E-state index contributed by atoms with van der Waals surface area (Å²) in [6.07, 6.45) is -4.78. The summed E-state index contributed by atoms with van der Waals surface area (Å²) in [4.78, 5) is 0. The minimum absolute atomic E-state index is 0.198. The highest BCUT2D eigenvalue weighted by Crippen LogP contribution is 2.36. The smallest absolute Gasteiger partial charge is 0.405 e. The third kappa shape index (κ3) is 3.59. The molecular weight excluding hydrogens is 375 g/mol. The van der Waals surface area contributed by atoms with Crippen molar-refractivity contribution < 1.29 is 22.3 Å². The first kappa shape index (κ1) is 14.1. The summed E-state index contributed by atoms with van der Waals surface area (Å²) >= 11 is 1.93. The number of hydrogen-bond acceptors (Lipinski definition) is 1. The van der Waals surface area contributed by atoms with Crippen molar-refractivity contribution in [3.8, 4) is 16.9 Å². The molecule has 1 nitrogen and oxygen atoms in total. The van der Waals surface area contributed by atoms with Crippen LogP contribution in [0.3, 0.4) is 0 Å². The van der Waals surface area contributed by atoms with Crippen LogP contribution in [0.1, 0.15) is 0 Å². The third-order valence-corrected chi connectivity index (χ3v) is 3.27. The molecular formula is C13H7F4IO. The molecule has 0 radical (unpaired) electrons. The van der Waals surface area contributed by atoms with E-state index in [1.807, 2.05) is 22.6 Å². The first-order valence-corrected chi connectivity index (χ1v) is 6.25. The molecule has 0 aromatic heterocycles. The Bertz CT molecular complexity index is 595. The van der Waals surface area contributed by atoms with Gasteiger partial charge in [-0.3, -0.25) is 0 Å². The van der Waals surface area contributed by atoms with Crippen LogP contribution in [0.4, 0.5) is 17.6 Å². The van der Waals surface area contributed by atoms with Crippen LogP contribution < -0.4 is 4.74 Å². The van der Waals surface area contributed by atoms with Crippen molar-refractivity contribution in [2.24, 2.45) is 0 Å². The third-order valence-electron chi connectivity index (χ3n) is 2.33. The largest absolute Gasteiger partial charge is 0.573 e. The van der Waals surface area contributed by atoms with Crippen LogP contribution in [0.2, 0.25) is 0 Å². The minimum Gasteiger partial charge on any atom is -0.405 e. The number of benzene rings is 2. The Morgan fingerprint density at radius 3 is 2.32 bits per heavy atom. The fraction of sp³-hybridized carbons (Fsp3) is 0.0769. The van der Waals surface area contributed by atoms with Crippen molar-refractivity contribution in [3.05, 3.63) is 51.9 Å². The zero-order chi connectivity index (χ0) is 14.0. The van der Waals surface area contributed by atoms with Gasteiger partial charge in [-0.1, -0.05) is 18.2 Å². The molecule has 0 aliphatic heterocycles. The Morgan fingerprint density at radius 1 is 0.947 bits per heavy atom. The van der Waals surface area contributed by atoms with E-state index >= 15 is 0 Å². The summed E-state index contributed by atoms with van der Waals surface area (Å²) in [7, 11) is 0. The van der Waals surface area contributed by atoms with E-state index in [0.717, 1.165) is 0 Å². The maximum Gasteiger partial charge on any atom is 0.573 e. The fourth-order valence-electron chi connectivity index (χ4n) is 1.61. The molecule has 0 aliphatic rings. The van der Waals surface area contributed by atoms with Crippen molar-refractivity contribution >= 4 is 22.6 Å². The molecule has 6 heteroatoms. The van der Waals surface area contributed by atoms with Crippen molar-refractivity contribution in [3.63, 3.8) is 0 Å². The van der Waals surface area contributed by atoms with Crippen LogP contribution in [0.15, 0.2) is 42.5 Å². The van der Waals surface area contributed by atoms with Crippen LogP contribution in [0.5, 0.6) is 5.75 Å². The lowest BCUT2D eigenvalue weighted by Gasteiger charge is -2.14. The molecule has 2 rings (SSSR count). The van der Waals surface area contributed by atoms with E-state index in [4.69, 9.17) is 0 Å². The summed E-state index contributed by atoms with van der Waals surface area (Å²) in [6.45, 7) is 0. The highest BCUT2D eigenvalue weighted by molar-refractivity contribution is 14.1. The van der Waals surface area contributed by atoms with Gasteiger partial charge in [0.05, 0.1) is 0 Å². The van der Waals surface area contributed by atoms with E-state index in [1.54, 1.807) is 6.07 Å². The highest BCUT2D eigenvalue weighted by Gasteiger charge is 2.32. The van der Waals surface area contributed by atoms with Gasteiger partial charge in [-0.15, -0.1) is 13.2 Å². The molecule has 2 aromatic rings. The molecule has 0 bridgehead atoms. The lowest BCUT2D eigenvalue weighted by atomic mass is 10.0. The molecule has 0 unspecified atom stereocenters. The molecule has 0 saturated carbocycles.